The van der Waals surface area contributed by atoms with Crippen LogP contribution in [0.5, 0.6) is 0 Å². The fourth-order valence-corrected chi connectivity index (χ4v) is 3.39. The number of aliphatic hydroxyl groups excluding tert-OH is 1. The maximum absolute atomic E-state index is 13.1. The summed E-state index contributed by atoms with van der Waals surface area (Å²) in [6, 6.07) is 5.00. The molecular weight excluding hydrogens is 292 g/mol. The summed E-state index contributed by atoms with van der Waals surface area (Å²) in [5.41, 5.74) is 2.23. The van der Waals surface area contributed by atoms with E-state index in [4.69, 9.17) is 0 Å². The summed E-state index contributed by atoms with van der Waals surface area (Å²) < 4.78 is -0.403. The number of aliphatic hydroxyl groups is 1. The van der Waals surface area contributed by atoms with E-state index < -0.39 is 10.7 Å². The Balaban J connectivity index is 2.18. The Bertz CT molecular complexity index is 547. The summed E-state index contributed by atoms with van der Waals surface area (Å²) in [5, 5.41) is 25.5. The van der Waals surface area contributed by atoms with Gasteiger partial charge < -0.3 is 20.3 Å². The summed E-state index contributed by atoms with van der Waals surface area (Å²) in [6.07, 6.45) is 4.26. The average molecular weight is 320 g/mol. The van der Waals surface area contributed by atoms with Crippen LogP contribution in [0.3, 0.4) is 0 Å². The van der Waals surface area contributed by atoms with Crippen LogP contribution in [0, 0.1) is 12.1 Å². The molecule has 1 unspecified atom stereocenters. The van der Waals surface area contributed by atoms with Gasteiger partial charge in [-0.3, -0.25) is 4.79 Å². The molecule has 1 aliphatic rings. The van der Waals surface area contributed by atoms with Gasteiger partial charge in [-0.25, -0.2) is 0 Å². The van der Waals surface area contributed by atoms with Crippen molar-refractivity contribution in [2.45, 2.75) is 58.6 Å². The van der Waals surface area contributed by atoms with Crippen LogP contribution in [0.2, 0.25) is 0 Å². The van der Waals surface area contributed by atoms with E-state index in [2.05, 4.69) is 12.2 Å². The van der Waals surface area contributed by atoms with E-state index in [0.717, 1.165) is 31.2 Å². The number of hydrogen-bond acceptors (Lipinski definition) is 3. The van der Waals surface area contributed by atoms with Crippen molar-refractivity contribution in [2.75, 3.05) is 18.4 Å². The van der Waals surface area contributed by atoms with Gasteiger partial charge in [-0.2, -0.15) is 0 Å². The lowest BCUT2D eigenvalue weighted by Crippen LogP contribution is -2.58. The van der Waals surface area contributed by atoms with Gasteiger partial charge in [-0.05, 0) is 31.7 Å². The first-order valence-electron chi connectivity index (χ1n) is 8.60. The lowest BCUT2D eigenvalue weighted by Gasteiger charge is -2.50. The van der Waals surface area contributed by atoms with Gasteiger partial charge in [0.15, 0.2) is 6.04 Å². The average Bonchev–Trinajstić information content (AvgIpc) is 2.55. The molecule has 2 atom stereocenters. The molecule has 2 N–H and O–H groups in total. The number of carbonyl (C=O) groups excluding carboxylic acids is 1. The zero-order chi connectivity index (χ0) is 16.9. The smallest absolute Gasteiger partial charge is 0.283 e. The number of rotatable bonds is 6. The van der Waals surface area contributed by atoms with Gasteiger partial charge in [0.05, 0.1) is 19.7 Å². The van der Waals surface area contributed by atoms with Gasteiger partial charge in [-0.15, -0.1) is 0 Å². The van der Waals surface area contributed by atoms with Crippen molar-refractivity contribution in [1.82, 2.24) is 0 Å². The first-order valence-corrected chi connectivity index (χ1v) is 8.60. The van der Waals surface area contributed by atoms with Crippen LogP contribution >= 0.6 is 0 Å². The molecule has 2 rings (SSSR count). The molecule has 1 amide bonds. The Labute approximate surface area is 138 Å². The van der Waals surface area contributed by atoms with Crippen molar-refractivity contribution in [2.24, 2.45) is 0 Å². The molecule has 0 aliphatic carbocycles. The molecule has 0 radical (unpaired) electrons. The van der Waals surface area contributed by atoms with Gasteiger partial charge in [-0.1, -0.05) is 31.5 Å². The topological polar surface area (TPSA) is 72.4 Å². The second-order valence-electron chi connectivity index (χ2n) is 6.52. The number of anilines is 1. The lowest BCUT2D eigenvalue weighted by molar-refractivity contribution is -0.901. The summed E-state index contributed by atoms with van der Waals surface area (Å²) >= 11 is 0. The molecule has 5 heteroatoms. The number of hydroxylamine groups is 3. The number of para-hydroxylation sites is 1. The molecule has 5 nitrogen and oxygen atoms in total. The number of nitrogens with one attached hydrogen (secondary N) is 1. The third kappa shape index (κ3) is 4.10. The normalized spacial score (nSPS) is 24.4. The molecule has 1 aromatic carbocycles. The highest BCUT2D eigenvalue weighted by atomic mass is 16.5. The van der Waals surface area contributed by atoms with Gasteiger partial charge >= 0.3 is 0 Å². The molecule has 1 heterocycles. The van der Waals surface area contributed by atoms with E-state index in [1.165, 1.54) is 0 Å². The molecule has 0 aromatic heterocycles. The van der Waals surface area contributed by atoms with Crippen molar-refractivity contribution in [3.8, 4) is 0 Å². The molecule has 1 fully saturated rings. The lowest BCUT2D eigenvalue weighted by atomic mass is 9.99. The number of likely N-dealkylation sites (tertiary alicyclic amines) is 1. The standard InChI is InChI=1S/C18H28N2O3/c1-3-4-11-20(23)12-6-5-10-16(20)18(22)19-17-14(2)8-7-9-15(17)13-21/h7-9,16,21H,3-6,10-13H2,1-2H3,(H,19,22)/t16-,20?/m0/s1. The fourth-order valence-electron chi connectivity index (χ4n) is 3.39. The summed E-state index contributed by atoms with van der Waals surface area (Å²) in [5.74, 6) is -0.209. The highest BCUT2D eigenvalue weighted by Crippen LogP contribution is 2.28. The van der Waals surface area contributed by atoms with Gasteiger partial charge in [0.1, 0.15) is 0 Å². The second-order valence-corrected chi connectivity index (χ2v) is 6.52. The molecule has 0 bridgehead atoms. The largest absolute Gasteiger partial charge is 0.632 e. The molecular formula is C18H28N2O3. The molecule has 128 valence electrons. The Morgan fingerprint density at radius 2 is 2.22 bits per heavy atom. The number of benzene rings is 1. The van der Waals surface area contributed by atoms with Crippen LogP contribution in [0.4, 0.5) is 5.69 Å². The van der Waals surface area contributed by atoms with Crippen LogP contribution in [-0.4, -0.2) is 34.8 Å². The number of carbonyl (C=O) groups is 1. The quantitative estimate of drug-likeness (QED) is 0.625. The Morgan fingerprint density at radius 3 is 2.91 bits per heavy atom. The van der Waals surface area contributed by atoms with Crippen LogP contribution in [0.25, 0.3) is 0 Å². The molecule has 0 saturated carbocycles. The first-order chi connectivity index (χ1) is 11.0. The molecule has 0 spiro atoms. The fraction of sp³-hybridized carbons (Fsp3) is 0.611. The Hall–Kier alpha value is -1.43. The van der Waals surface area contributed by atoms with E-state index in [1.54, 1.807) is 6.07 Å². The minimum absolute atomic E-state index is 0.130. The number of unbranched alkanes of at least 4 members (excludes halogenated alkanes) is 1. The van der Waals surface area contributed by atoms with Crippen molar-refractivity contribution in [1.29, 1.82) is 0 Å². The van der Waals surface area contributed by atoms with Gasteiger partial charge in [0.2, 0.25) is 0 Å². The van der Waals surface area contributed by atoms with E-state index in [1.807, 2.05) is 19.1 Å². The third-order valence-electron chi connectivity index (χ3n) is 4.80. The van der Waals surface area contributed by atoms with Crippen molar-refractivity contribution in [3.63, 3.8) is 0 Å². The molecule has 1 saturated heterocycles. The van der Waals surface area contributed by atoms with E-state index in [9.17, 15) is 15.1 Å². The number of hydrogen-bond donors (Lipinski definition) is 2. The van der Waals surface area contributed by atoms with Crippen molar-refractivity contribution >= 4 is 11.6 Å². The number of quaternary nitrogens is 1. The first kappa shape index (κ1) is 17.9. The predicted molar refractivity (Wildman–Crippen MR) is 91.6 cm³/mol. The van der Waals surface area contributed by atoms with Crippen LogP contribution in [-0.2, 0) is 11.4 Å². The summed E-state index contributed by atoms with van der Waals surface area (Å²) in [7, 11) is 0. The van der Waals surface area contributed by atoms with E-state index in [-0.39, 0.29) is 12.5 Å². The number of aryl methyl sites for hydroxylation is 1. The van der Waals surface area contributed by atoms with Gasteiger partial charge in [0.25, 0.3) is 5.91 Å². The van der Waals surface area contributed by atoms with E-state index >= 15 is 0 Å². The predicted octanol–water partition coefficient (Wildman–Crippen LogP) is 3.09. The SMILES string of the molecule is CCCC[N+]1([O-])CCCC[C@H]1C(=O)Nc1c(C)cccc1CO. The number of piperidine rings is 1. The van der Waals surface area contributed by atoms with Crippen molar-refractivity contribution < 1.29 is 14.5 Å². The van der Waals surface area contributed by atoms with Crippen LogP contribution < -0.4 is 5.32 Å². The number of amides is 1. The monoisotopic (exact) mass is 320 g/mol. The second kappa shape index (κ2) is 7.90. The zero-order valence-electron chi connectivity index (χ0n) is 14.2. The van der Waals surface area contributed by atoms with Gasteiger partial charge in [0, 0.05) is 17.7 Å². The molecule has 1 aromatic rings. The maximum atomic E-state index is 13.1. The van der Waals surface area contributed by atoms with E-state index in [0.29, 0.717) is 30.8 Å². The Kier molecular flexibility index (Phi) is 6.16. The Morgan fingerprint density at radius 1 is 1.43 bits per heavy atom. The van der Waals surface area contributed by atoms with Crippen LogP contribution in [0.1, 0.15) is 50.2 Å². The highest BCUT2D eigenvalue weighted by molar-refractivity contribution is 5.95. The maximum Gasteiger partial charge on any atom is 0.283 e. The highest BCUT2D eigenvalue weighted by Gasteiger charge is 2.37. The minimum Gasteiger partial charge on any atom is -0.632 e. The summed E-state index contributed by atoms with van der Waals surface area (Å²) in [6.45, 7) is 4.86. The minimum atomic E-state index is -0.540. The molecule has 1 aliphatic heterocycles. The van der Waals surface area contributed by atoms with Crippen LogP contribution in [0.15, 0.2) is 18.2 Å². The third-order valence-corrected chi connectivity index (χ3v) is 4.80. The summed E-state index contributed by atoms with van der Waals surface area (Å²) in [4.78, 5) is 12.8. The van der Waals surface area contributed by atoms with Crippen molar-refractivity contribution in [3.05, 3.63) is 34.5 Å². The molecule has 23 heavy (non-hydrogen) atoms. The number of nitrogens with zero attached hydrogens (tertiary/aromatic N) is 1. The zero-order valence-corrected chi connectivity index (χ0v) is 14.2.